The van der Waals surface area contributed by atoms with Crippen LogP contribution < -0.4 is 4.74 Å². The number of carbonyl (C=O) groups is 1. The van der Waals surface area contributed by atoms with Crippen LogP contribution in [0.2, 0.25) is 0 Å². The molecule has 0 heterocycles. The van der Waals surface area contributed by atoms with Crippen molar-refractivity contribution in [3.05, 3.63) is 64.1 Å². The van der Waals surface area contributed by atoms with Gasteiger partial charge in [0.25, 0.3) is 0 Å². The number of carbonyl (C=O) groups excluding carboxylic acids is 1. The normalized spacial score (nSPS) is 11.9. The summed E-state index contributed by atoms with van der Waals surface area (Å²) in [4.78, 5) is 12.2. The zero-order valence-corrected chi connectivity index (χ0v) is 12.5. The number of rotatable bonds is 4. The van der Waals surface area contributed by atoms with Gasteiger partial charge in [0.15, 0.2) is 6.10 Å². The summed E-state index contributed by atoms with van der Waals surface area (Å²) in [6.45, 7) is 3.76. The summed E-state index contributed by atoms with van der Waals surface area (Å²) in [5.41, 5.74) is 1.81. The molecule has 0 N–H and O–H groups in total. The van der Waals surface area contributed by atoms with Gasteiger partial charge in [-0.3, -0.25) is 4.79 Å². The Kier molecular flexibility index (Phi) is 4.38. The van der Waals surface area contributed by atoms with Crippen LogP contribution >= 0.6 is 15.9 Å². The Hall–Kier alpha value is -1.61. The predicted molar refractivity (Wildman–Crippen MR) is 79.7 cm³/mol. The van der Waals surface area contributed by atoms with Crippen molar-refractivity contribution in [1.82, 2.24) is 0 Å². The summed E-state index contributed by atoms with van der Waals surface area (Å²) < 4.78 is 6.59. The minimum Gasteiger partial charge on any atom is -0.483 e. The van der Waals surface area contributed by atoms with Gasteiger partial charge in [-0.2, -0.15) is 0 Å². The van der Waals surface area contributed by atoms with Crippen molar-refractivity contribution in [2.24, 2.45) is 0 Å². The average Bonchev–Trinajstić information content (AvgIpc) is 2.39. The molecule has 1 unspecified atom stereocenters. The molecule has 0 spiro atoms. The van der Waals surface area contributed by atoms with Gasteiger partial charge in [-0.05, 0) is 32.0 Å². The first kappa shape index (κ1) is 13.8. The first-order valence-corrected chi connectivity index (χ1v) is 6.88. The summed E-state index contributed by atoms with van der Waals surface area (Å²) in [7, 11) is 0. The fourth-order valence-electron chi connectivity index (χ4n) is 1.75. The zero-order valence-electron chi connectivity index (χ0n) is 10.9. The molecule has 0 saturated heterocycles. The number of ether oxygens (including phenoxy) is 1. The van der Waals surface area contributed by atoms with Crippen LogP contribution in [-0.4, -0.2) is 11.9 Å². The highest BCUT2D eigenvalue weighted by Crippen LogP contribution is 2.20. The summed E-state index contributed by atoms with van der Waals surface area (Å²) in [5, 5.41) is 0. The van der Waals surface area contributed by atoms with E-state index >= 15 is 0 Å². The third kappa shape index (κ3) is 3.67. The Morgan fingerprint density at radius 3 is 2.47 bits per heavy atom. The van der Waals surface area contributed by atoms with E-state index in [9.17, 15) is 4.79 Å². The summed E-state index contributed by atoms with van der Waals surface area (Å²) >= 11 is 3.38. The lowest BCUT2D eigenvalue weighted by molar-refractivity contribution is 0.0818. The largest absolute Gasteiger partial charge is 0.483 e. The van der Waals surface area contributed by atoms with Crippen molar-refractivity contribution in [1.29, 1.82) is 0 Å². The Labute approximate surface area is 121 Å². The SMILES string of the molecule is Cc1ccc(C(=O)C(C)Oc2cccc(Br)c2)cc1. The van der Waals surface area contributed by atoms with E-state index in [0.717, 1.165) is 10.0 Å². The van der Waals surface area contributed by atoms with Crippen LogP contribution in [0.4, 0.5) is 0 Å². The predicted octanol–water partition coefficient (Wildman–Crippen LogP) is 4.41. The third-order valence-electron chi connectivity index (χ3n) is 2.81. The molecule has 0 saturated carbocycles. The van der Waals surface area contributed by atoms with Crippen LogP contribution in [0, 0.1) is 6.92 Å². The number of halogens is 1. The summed E-state index contributed by atoms with van der Waals surface area (Å²) in [6.07, 6.45) is -0.503. The van der Waals surface area contributed by atoms with Gasteiger partial charge < -0.3 is 4.74 Å². The minimum atomic E-state index is -0.503. The van der Waals surface area contributed by atoms with Crippen molar-refractivity contribution in [2.45, 2.75) is 20.0 Å². The number of hydrogen-bond donors (Lipinski definition) is 0. The maximum absolute atomic E-state index is 12.2. The van der Waals surface area contributed by atoms with Gasteiger partial charge in [0.2, 0.25) is 5.78 Å². The Morgan fingerprint density at radius 2 is 1.84 bits per heavy atom. The third-order valence-corrected chi connectivity index (χ3v) is 3.31. The highest BCUT2D eigenvalue weighted by Gasteiger charge is 2.16. The van der Waals surface area contributed by atoms with Crippen LogP contribution in [0.3, 0.4) is 0 Å². The van der Waals surface area contributed by atoms with Crippen LogP contribution in [-0.2, 0) is 0 Å². The lowest BCUT2D eigenvalue weighted by atomic mass is 10.1. The van der Waals surface area contributed by atoms with Gasteiger partial charge in [0, 0.05) is 10.0 Å². The first-order valence-electron chi connectivity index (χ1n) is 6.09. The molecule has 19 heavy (non-hydrogen) atoms. The van der Waals surface area contributed by atoms with Crippen LogP contribution in [0.25, 0.3) is 0 Å². The van der Waals surface area contributed by atoms with Gasteiger partial charge >= 0.3 is 0 Å². The maximum Gasteiger partial charge on any atom is 0.202 e. The molecule has 0 aromatic heterocycles. The Balaban J connectivity index is 2.09. The molecule has 3 heteroatoms. The molecule has 2 aromatic rings. The number of benzene rings is 2. The smallest absolute Gasteiger partial charge is 0.202 e. The van der Waals surface area contributed by atoms with Crippen molar-refractivity contribution in [3.8, 4) is 5.75 Å². The Bertz CT molecular complexity index is 576. The molecule has 2 nitrogen and oxygen atoms in total. The van der Waals surface area contributed by atoms with Crippen molar-refractivity contribution in [3.63, 3.8) is 0 Å². The fourth-order valence-corrected chi connectivity index (χ4v) is 2.13. The second kappa shape index (κ2) is 6.02. The molecule has 0 amide bonds. The highest BCUT2D eigenvalue weighted by atomic mass is 79.9. The van der Waals surface area contributed by atoms with Gasteiger partial charge in [-0.1, -0.05) is 51.8 Å². The quantitative estimate of drug-likeness (QED) is 0.781. The van der Waals surface area contributed by atoms with Crippen LogP contribution in [0.15, 0.2) is 53.0 Å². The van der Waals surface area contributed by atoms with Gasteiger partial charge in [-0.15, -0.1) is 0 Å². The van der Waals surface area contributed by atoms with E-state index < -0.39 is 6.10 Å². The van der Waals surface area contributed by atoms with E-state index in [2.05, 4.69) is 15.9 Å². The van der Waals surface area contributed by atoms with E-state index in [1.54, 1.807) is 6.92 Å². The molecule has 0 bridgehead atoms. The standard InChI is InChI=1S/C16H15BrO2/c1-11-6-8-13(9-7-11)16(18)12(2)19-15-5-3-4-14(17)10-15/h3-10,12H,1-2H3. The van der Waals surface area contributed by atoms with E-state index in [4.69, 9.17) is 4.74 Å². The van der Waals surface area contributed by atoms with Gasteiger partial charge in [0.1, 0.15) is 5.75 Å². The molecular weight excluding hydrogens is 304 g/mol. The fraction of sp³-hybridized carbons (Fsp3) is 0.188. The number of hydrogen-bond acceptors (Lipinski definition) is 2. The van der Waals surface area contributed by atoms with E-state index in [-0.39, 0.29) is 5.78 Å². The second-order valence-electron chi connectivity index (χ2n) is 4.45. The number of ketones is 1. The molecule has 2 rings (SSSR count). The molecular formula is C16H15BrO2. The lowest BCUT2D eigenvalue weighted by Gasteiger charge is -2.14. The molecule has 0 fully saturated rings. The van der Waals surface area contributed by atoms with Crippen molar-refractivity contribution < 1.29 is 9.53 Å². The Morgan fingerprint density at radius 1 is 1.16 bits per heavy atom. The van der Waals surface area contributed by atoms with E-state index in [0.29, 0.717) is 11.3 Å². The maximum atomic E-state index is 12.2. The summed E-state index contributed by atoms with van der Waals surface area (Å²) in [6, 6.07) is 15.0. The van der Waals surface area contributed by atoms with Gasteiger partial charge in [-0.25, -0.2) is 0 Å². The lowest BCUT2D eigenvalue weighted by Crippen LogP contribution is -2.23. The molecule has 2 aromatic carbocycles. The number of Topliss-reactive ketones (excluding diaryl/α,β-unsaturated/α-hetero) is 1. The average molecular weight is 319 g/mol. The second-order valence-corrected chi connectivity index (χ2v) is 5.36. The van der Waals surface area contributed by atoms with E-state index in [1.807, 2.05) is 55.5 Å². The van der Waals surface area contributed by atoms with Crippen molar-refractivity contribution in [2.75, 3.05) is 0 Å². The zero-order chi connectivity index (χ0) is 13.8. The molecule has 1 atom stereocenters. The topological polar surface area (TPSA) is 26.3 Å². The minimum absolute atomic E-state index is 0.0139. The molecule has 0 aliphatic carbocycles. The van der Waals surface area contributed by atoms with Crippen LogP contribution in [0.5, 0.6) is 5.75 Å². The number of aryl methyl sites for hydroxylation is 1. The molecule has 0 radical (unpaired) electrons. The first-order chi connectivity index (χ1) is 9.06. The molecule has 0 aliphatic heterocycles. The van der Waals surface area contributed by atoms with E-state index in [1.165, 1.54) is 0 Å². The van der Waals surface area contributed by atoms with Crippen LogP contribution in [0.1, 0.15) is 22.8 Å². The summed E-state index contributed by atoms with van der Waals surface area (Å²) in [5.74, 6) is 0.669. The van der Waals surface area contributed by atoms with Gasteiger partial charge in [0.05, 0.1) is 0 Å². The monoisotopic (exact) mass is 318 g/mol. The molecule has 0 aliphatic rings. The van der Waals surface area contributed by atoms with Crippen molar-refractivity contribution >= 4 is 21.7 Å². The highest BCUT2D eigenvalue weighted by molar-refractivity contribution is 9.10. The molecule has 98 valence electrons.